The first-order valence-electron chi connectivity index (χ1n) is 7.81. The van der Waals surface area contributed by atoms with E-state index in [0.717, 1.165) is 11.3 Å². The molecule has 5 heteroatoms. The van der Waals surface area contributed by atoms with Crippen molar-refractivity contribution in [3.8, 4) is 5.75 Å². The summed E-state index contributed by atoms with van der Waals surface area (Å²) in [6, 6.07) is 8.13. The van der Waals surface area contributed by atoms with Gasteiger partial charge in [0.15, 0.2) is 0 Å². The van der Waals surface area contributed by atoms with Crippen molar-refractivity contribution in [2.45, 2.75) is 39.3 Å². The van der Waals surface area contributed by atoms with Crippen molar-refractivity contribution in [1.82, 2.24) is 10.6 Å². The van der Waals surface area contributed by atoms with Crippen LogP contribution in [0.2, 0.25) is 0 Å². The number of methoxy groups -OCH3 is 1. The largest absolute Gasteiger partial charge is 0.496 e. The Kier molecular flexibility index (Phi) is 7.62. The Morgan fingerprint density at radius 2 is 1.87 bits per heavy atom. The van der Waals surface area contributed by atoms with E-state index >= 15 is 0 Å². The molecule has 1 aromatic carbocycles. The molecule has 0 saturated carbocycles. The maximum atomic E-state index is 11.5. The highest BCUT2D eigenvalue weighted by molar-refractivity contribution is 5.67. The molecule has 0 aromatic heterocycles. The van der Waals surface area contributed by atoms with Gasteiger partial charge in [-0.3, -0.25) is 0 Å². The van der Waals surface area contributed by atoms with Gasteiger partial charge in [0.25, 0.3) is 0 Å². The lowest BCUT2D eigenvalue weighted by Gasteiger charge is -2.19. The van der Waals surface area contributed by atoms with E-state index in [4.69, 9.17) is 9.47 Å². The van der Waals surface area contributed by atoms with Crippen molar-refractivity contribution in [2.75, 3.05) is 20.2 Å². The van der Waals surface area contributed by atoms with Gasteiger partial charge in [0, 0.05) is 24.7 Å². The summed E-state index contributed by atoms with van der Waals surface area (Å²) in [5.41, 5.74) is 0.648. The summed E-state index contributed by atoms with van der Waals surface area (Å²) in [5, 5.41) is 6.07. The molecular formula is C18H28N2O3. The van der Waals surface area contributed by atoms with Crippen molar-refractivity contribution in [3.05, 3.63) is 42.0 Å². The summed E-state index contributed by atoms with van der Waals surface area (Å²) < 4.78 is 10.5. The Hall–Kier alpha value is -2.01. The Balaban J connectivity index is 2.30. The third kappa shape index (κ3) is 7.70. The molecule has 1 rings (SSSR count). The second kappa shape index (κ2) is 9.20. The smallest absolute Gasteiger partial charge is 0.407 e. The molecule has 1 aromatic rings. The van der Waals surface area contributed by atoms with Crippen molar-refractivity contribution in [1.29, 1.82) is 0 Å². The maximum Gasteiger partial charge on any atom is 0.407 e. The summed E-state index contributed by atoms with van der Waals surface area (Å²) in [6.07, 6.45) is 3.47. The number of benzene rings is 1. The number of para-hydroxylation sites is 1. The van der Waals surface area contributed by atoms with Crippen molar-refractivity contribution in [2.24, 2.45) is 0 Å². The molecule has 0 aliphatic carbocycles. The van der Waals surface area contributed by atoms with E-state index in [1.165, 1.54) is 0 Å². The number of alkyl carbamates (subject to hydrolysis) is 1. The lowest BCUT2D eigenvalue weighted by atomic mass is 10.1. The fourth-order valence-corrected chi connectivity index (χ4v) is 2.00. The molecule has 0 saturated heterocycles. The van der Waals surface area contributed by atoms with Gasteiger partial charge in [0.05, 0.1) is 7.11 Å². The highest BCUT2D eigenvalue weighted by Crippen LogP contribution is 2.23. The second-order valence-corrected chi connectivity index (χ2v) is 6.23. The molecule has 0 heterocycles. The molecule has 0 spiro atoms. The summed E-state index contributed by atoms with van der Waals surface area (Å²) in [4.78, 5) is 11.5. The van der Waals surface area contributed by atoms with E-state index < -0.39 is 11.7 Å². The molecule has 2 N–H and O–H groups in total. The first kappa shape index (κ1) is 19.0. The maximum absolute atomic E-state index is 11.5. The number of amides is 1. The van der Waals surface area contributed by atoms with E-state index in [0.29, 0.717) is 13.1 Å². The fourth-order valence-electron chi connectivity index (χ4n) is 2.00. The molecule has 128 valence electrons. The van der Waals surface area contributed by atoms with Crippen molar-refractivity contribution < 1.29 is 14.3 Å². The molecule has 0 fully saturated rings. The number of carbonyl (C=O) groups is 1. The van der Waals surface area contributed by atoms with Gasteiger partial charge in [-0.1, -0.05) is 30.4 Å². The van der Waals surface area contributed by atoms with Crippen LogP contribution in [0.15, 0.2) is 36.4 Å². The lowest BCUT2D eigenvalue weighted by Crippen LogP contribution is -2.32. The minimum absolute atomic E-state index is 0.176. The van der Waals surface area contributed by atoms with Crippen LogP contribution in [0.1, 0.15) is 39.3 Å². The van der Waals surface area contributed by atoms with Gasteiger partial charge in [0.1, 0.15) is 11.4 Å². The number of rotatable bonds is 7. The van der Waals surface area contributed by atoms with Crippen LogP contribution < -0.4 is 15.4 Å². The van der Waals surface area contributed by atoms with Crippen LogP contribution in [-0.4, -0.2) is 31.9 Å². The van der Waals surface area contributed by atoms with Gasteiger partial charge in [0.2, 0.25) is 0 Å². The van der Waals surface area contributed by atoms with E-state index in [1.807, 2.05) is 57.2 Å². The predicted octanol–water partition coefficient (Wildman–Crippen LogP) is 3.43. The highest BCUT2D eigenvalue weighted by Gasteiger charge is 2.15. The van der Waals surface area contributed by atoms with Gasteiger partial charge in [-0.15, -0.1) is 0 Å². The first-order chi connectivity index (χ1) is 10.8. The van der Waals surface area contributed by atoms with Crippen LogP contribution in [0, 0.1) is 0 Å². The topological polar surface area (TPSA) is 59.6 Å². The molecule has 1 unspecified atom stereocenters. The predicted molar refractivity (Wildman–Crippen MR) is 92.8 cm³/mol. The molecule has 1 amide bonds. The molecule has 0 aliphatic heterocycles. The van der Waals surface area contributed by atoms with Gasteiger partial charge in [-0.05, 0) is 33.8 Å². The zero-order valence-corrected chi connectivity index (χ0v) is 14.7. The van der Waals surface area contributed by atoms with E-state index in [1.54, 1.807) is 7.11 Å². The monoisotopic (exact) mass is 320 g/mol. The van der Waals surface area contributed by atoms with Gasteiger partial charge >= 0.3 is 6.09 Å². The van der Waals surface area contributed by atoms with Crippen LogP contribution in [-0.2, 0) is 4.74 Å². The van der Waals surface area contributed by atoms with Gasteiger partial charge in [-0.2, -0.15) is 0 Å². The number of hydrogen-bond donors (Lipinski definition) is 2. The van der Waals surface area contributed by atoms with Crippen LogP contribution >= 0.6 is 0 Å². The zero-order valence-electron chi connectivity index (χ0n) is 14.7. The molecule has 0 aliphatic rings. The van der Waals surface area contributed by atoms with Crippen LogP contribution in [0.3, 0.4) is 0 Å². The lowest BCUT2D eigenvalue weighted by molar-refractivity contribution is 0.0534. The number of nitrogens with one attached hydrogen (secondary N) is 2. The third-order valence-electron chi connectivity index (χ3n) is 3.08. The molecule has 23 heavy (non-hydrogen) atoms. The van der Waals surface area contributed by atoms with E-state index in [-0.39, 0.29) is 6.04 Å². The van der Waals surface area contributed by atoms with Gasteiger partial charge < -0.3 is 20.1 Å². The minimum atomic E-state index is -0.473. The minimum Gasteiger partial charge on any atom is -0.496 e. The second-order valence-electron chi connectivity index (χ2n) is 6.23. The molecule has 1 atom stereocenters. The number of hydrogen-bond acceptors (Lipinski definition) is 4. The molecular weight excluding hydrogens is 292 g/mol. The first-order valence-corrected chi connectivity index (χ1v) is 7.81. The average Bonchev–Trinajstić information content (AvgIpc) is 2.48. The van der Waals surface area contributed by atoms with Gasteiger partial charge in [-0.25, -0.2) is 4.79 Å². The standard InChI is InChI=1S/C18H28N2O3/c1-14(15-10-6-7-11-16(15)22-5)19-12-8-9-13-20-17(21)23-18(2,3)4/h6-11,14,19H,12-13H2,1-5H3,(H,20,21)/b9-8+. The van der Waals surface area contributed by atoms with Crippen LogP contribution in [0.5, 0.6) is 5.75 Å². The van der Waals surface area contributed by atoms with E-state index in [9.17, 15) is 4.79 Å². The molecule has 0 bridgehead atoms. The SMILES string of the molecule is COc1ccccc1C(C)NC/C=C/CNC(=O)OC(C)(C)C. The number of ether oxygens (including phenoxy) is 2. The van der Waals surface area contributed by atoms with E-state index in [2.05, 4.69) is 17.6 Å². The molecule has 5 nitrogen and oxygen atoms in total. The summed E-state index contributed by atoms with van der Waals surface area (Å²) in [5.74, 6) is 0.878. The Bertz CT molecular complexity index is 521. The Morgan fingerprint density at radius 1 is 1.22 bits per heavy atom. The van der Waals surface area contributed by atoms with Crippen molar-refractivity contribution >= 4 is 6.09 Å². The van der Waals surface area contributed by atoms with Crippen molar-refractivity contribution in [3.63, 3.8) is 0 Å². The zero-order chi connectivity index (χ0) is 17.3. The van der Waals surface area contributed by atoms with Crippen LogP contribution in [0.4, 0.5) is 4.79 Å². The summed E-state index contributed by atoms with van der Waals surface area (Å²) in [7, 11) is 1.67. The third-order valence-corrected chi connectivity index (χ3v) is 3.08. The normalized spacial score (nSPS) is 12.9. The van der Waals surface area contributed by atoms with Crippen LogP contribution in [0.25, 0.3) is 0 Å². The summed E-state index contributed by atoms with van der Waals surface area (Å²) in [6.45, 7) is 8.75. The molecule has 0 radical (unpaired) electrons. The Labute approximate surface area is 139 Å². The number of carbonyl (C=O) groups excluding carboxylic acids is 1. The quantitative estimate of drug-likeness (QED) is 0.756. The Morgan fingerprint density at radius 3 is 2.52 bits per heavy atom. The fraction of sp³-hybridized carbons (Fsp3) is 0.500. The highest BCUT2D eigenvalue weighted by atomic mass is 16.6. The summed E-state index contributed by atoms with van der Waals surface area (Å²) >= 11 is 0. The average molecular weight is 320 g/mol.